The topological polar surface area (TPSA) is 40.5 Å². The Morgan fingerprint density at radius 1 is 1.32 bits per heavy atom. The molecule has 19 heavy (non-hydrogen) atoms. The Morgan fingerprint density at radius 2 is 2.05 bits per heavy atom. The SMILES string of the molecule is C=C(C)[C@@H]1C[C@H]2[C@H](CC[C@]2(C)O)[C@@]2(O)CC=C[C@@H]1C2. The van der Waals surface area contributed by atoms with Crippen LogP contribution in [0.2, 0.25) is 0 Å². The number of fused-ring (bicyclic) bond motifs is 4. The Morgan fingerprint density at radius 3 is 2.74 bits per heavy atom. The minimum absolute atomic E-state index is 0.212. The largest absolute Gasteiger partial charge is 0.390 e. The van der Waals surface area contributed by atoms with Crippen LogP contribution < -0.4 is 0 Å². The van der Waals surface area contributed by atoms with Crippen LogP contribution >= 0.6 is 0 Å². The molecule has 0 aromatic rings. The monoisotopic (exact) mass is 262 g/mol. The highest BCUT2D eigenvalue weighted by atomic mass is 16.3. The van der Waals surface area contributed by atoms with Gasteiger partial charge in [0.1, 0.15) is 0 Å². The van der Waals surface area contributed by atoms with Crippen LogP contribution in [0.1, 0.15) is 46.0 Å². The number of rotatable bonds is 1. The van der Waals surface area contributed by atoms with E-state index >= 15 is 0 Å². The van der Waals surface area contributed by atoms with Crippen molar-refractivity contribution in [3.63, 3.8) is 0 Å². The molecule has 2 nitrogen and oxygen atoms in total. The third-order valence-corrected chi connectivity index (χ3v) is 6.04. The fourth-order valence-corrected chi connectivity index (χ4v) is 4.93. The molecule has 0 aliphatic heterocycles. The maximum atomic E-state index is 11.1. The van der Waals surface area contributed by atoms with E-state index in [9.17, 15) is 10.2 Å². The van der Waals surface area contributed by atoms with E-state index in [0.717, 1.165) is 32.1 Å². The van der Waals surface area contributed by atoms with Crippen LogP contribution in [0.3, 0.4) is 0 Å². The van der Waals surface area contributed by atoms with E-state index in [2.05, 4.69) is 25.7 Å². The summed E-state index contributed by atoms with van der Waals surface area (Å²) in [5.41, 5.74) is -0.0253. The van der Waals surface area contributed by atoms with Crippen molar-refractivity contribution in [3.8, 4) is 0 Å². The lowest BCUT2D eigenvalue weighted by atomic mass is 9.72. The number of allylic oxidation sites excluding steroid dienone is 2. The average molecular weight is 262 g/mol. The minimum Gasteiger partial charge on any atom is -0.390 e. The lowest BCUT2D eigenvalue weighted by Crippen LogP contribution is -2.43. The highest BCUT2D eigenvalue weighted by Gasteiger charge is 2.56. The highest BCUT2D eigenvalue weighted by Crippen LogP contribution is 2.56. The maximum Gasteiger partial charge on any atom is 0.0719 e. The van der Waals surface area contributed by atoms with Gasteiger partial charge >= 0.3 is 0 Å². The van der Waals surface area contributed by atoms with Gasteiger partial charge in [-0.3, -0.25) is 0 Å². The molecule has 0 saturated heterocycles. The fraction of sp³-hybridized carbons (Fsp3) is 0.765. The summed E-state index contributed by atoms with van der Waals surface area (Å²) in [5, 5.41) is 21.8. The zero-order valence-electron chi connectivity index (χ0n) is 12.1. The van der Waals surface area contributed by atoms with Gasteiger partial charge in [0.15, 0.2) is 0 Å². The van der Waals surface area contributed by atoms with Crippen LogP contribution in [0.4, 0.5) is 0 Å². The summed E-state index contributed by atoms with van der Waals surface area (Å²) in [4.78, 5) is 0. The Hall–Kier alpha value is -0.600. The zero-order chi connectivity index (χ0) is 13.8. The van der Waals surface area contributed by atoms with Gasteiger partial charge in [0, 0.05) is 0 Å². The smallest absolute Gasteiger partial charge is 0.0719 e. The van der Waals surface area contributed by atoms with Crippen LogP contribution in [-0.4, -0.2) is 21.4 Å². The molecule has 0 amide bonds. The molecule has 2 N–H and O–H groups in total. The second kappa shape index (κ2) is 4.20. The van der Waals surface area contributed by atoms with Crippen molar-refractivity contribution in [1.82, 2.24) is 0 Å². The second-order valence-corrected chi connectivity index (χ2v) is 7.40. The highest BCUT2D eigenvalue weighted by molar-refractivity contribution is 5.18. The van der Waals surface area contributed by atoms with E-state index < -0.39 is 11.2 Å². The first-order valence-corrected chi connectivity index (χ1v) is 7.60. The first kappa shape index (κ1) is 13.4. The standard InChI is InChI=1S/C17H26O2/c1-11(2)13-9-15-14(6-8-16(15,3)18)17(19)7-4-5-12(13)10-17/h4-5,12-15,18-19H,1,6-10H2,2-3H3/t12-,13+,14+,15+,16+,17-/m1/s1. The summed E-state index contributed by atoms with van der Waals surface area (Å²) in [7, 11) is 0. The van der Waals surface area contributed by atoms with E-state index in [4.69, 9.17) is 0 Å². The quantitative estimate of drug-likeness (QED) is 0.713. The summed E-state index contributed by atoms with van der Waals surface area (Å²) in [6, 6.07) is 0. The minimum atomic E-state index is -0.619. The van der Waals surface area contributed by atoms with Gasteiger partial charge in [-0.2, -0.15) is 0 Å². The maximum absolute atomic E-state index is 11.1. The number of aliphatic hydroxyl groups is 2. The zero-order valence-corrected chi connectivity index (χ0v) is 12.1. The fourth-order valence-electron chi connectivity index (χ4n) is 4.93. The molecule has 0 aromatic carbocycles. The Bertz CT molecular complexity index is 423. The number of hydrogen-bond acceptors (Lipinski definition) is 2. The van der Waals surface area contributed by atoms with Crippen molar-refractivity contribution in [2.75, 3.05) is 0 Å². The third-order valence-electron chi connectivity index (χ3n) is 6.04. The van der Waals surface area contributed by atoms with Crippen molar-refractivity contribution < 1.29 is 10.2 Å². The molecule has 0 radical (unpaired) electrons. The predicted molar refractivity (Wildman–Crippen MR) is 76.6 cm³/mol. The first-order chi connectivity index (χ1) is 8.83. The number of hydrogen-bond donors (Lipinski definition) is 2. The average Bonchev–Trinajstić information content (AvgIpc) is 2.56. The van der Waals surface area contributed by atoms with Gasteiger partial charge in [-0.05, 0) is 69.6 Å². The van der Waals surface area contributed by atoms with Crippen molar-refractivity contribution in [3.05, 3.63) is 24.3 Å². The molecule has 106 valence electrons. The van der Waals surface area contributed by atoms with Crippen molar-refractivity contribution in [2.24, 2.45) is 23.7 Å². The molecular formula is C17H26O2. The normalized spacial score (nSPS) is 52.6. The van der Waals surface area contributed by atoms with Crippen LogP contribution in [0.15, 0.2) is 24.3 Å². The molecular weight excluding hydrogens is 236 g/mol. The molecule has 2 bridgehead atoms. The van der Waals surface area contributed by atoms with Gasteiger partial charge < -0.3 is 10.2 Å². The van der Waals surface area contributed by atoms with E-state index in [1.54, 1.807) is 0 Å². The molecule has 3 aliphatic carbocycles. The van der Waals surface area contributed by atoms with Crippen molar-refractivity contribution in [1.29, 1.82) is 0 Å². The molecule has 0 heterocycles. The summed E-state index contributed by atoms with van der Waals surface area (Å²) in [6.45, 7) is 8.21. The van der Waals surface area contributed by atoms with E-state index in [0.29, 0.717) is 11.8 Å². The van der Waals surface area contributed by atoms with Crippen LogP contribution in [0.25, 0.3) is 0 Å². The van der Waals surface area contributed by atoms with Gasteiger partial charge in [0.05, 0.1) is 11.2 Å². The van der Waals surface area contributed by atoms with Crippen LogP contribution in [-0.2, 0) is 0 Å². The van der Waals surface area contributed by atoms with Gasteiger partial charge in [-0.25, -0.2) is 0 Å². The van der Waals surface area contributed by atoms with Crippen LogP contribution in [0.5, 0.6) is 0 Å². The van der Waals surface area contributed by atoms with E-state index in [1.165, 1.54) is 5.57 Å². The molecule has 2 fully saturated rings. The summed E-state index contributed by atoms with van der Waals surface area (Å²) < 4.78 is 0. The lowest BCUT2D eigenvalue weighted by molar-refractivity contribution is -0.0668. The van der Waals surface area contributed by atoms with Gasteiger partial charge in [0.25, 0.3) is 0 Å². The summed E-state index contributed by atoms with van der Waals surface area (Å²) >= 11 is 0. The second-order valence-electron chi connectivity index (χ2n) is 7.40. The molecule has 0 aromatic heterocycles. The van der Waals surface area contributed by atoms with Gasteiger partial charge in [0.2, 0.25) is 0 Å². The van der Waals surface area contributed by atoms with Gasteiger partial charge in [-0.15, -0.1) is 0 Å². The van der Waals surface area contributed by atoms with Crippen molar-refractivity contribution >= 4 is 0 Å². The van der Waals surface area contributed by atoms with Crippen LogP contribution in [0, 0.1) is 23.7 Å². The predicted octanol–water partition coefficient (Wildman–Crippen LogP) is 3.06. The molecule has 2 saturated carbocycles. The van der Waals surface area contributed by atoms with E-state index in [1.807, 2.05) is 6.92 Å². The molecule has 0 spiro atoms. The van der Waals surface area contributed by atoms with Gasteiger partial charge in [-0.1, -0.05) is 24.3 Å². The Labute approximate surface area is 116 Å². The third kappa shape index (κ3) is 2.00. The van der Waals surface area contributed by atoms with E-state index in [-0.39, 0.29) is 11.8 Å². The molecule has 3 aliphatic rings. The first-order valence-electron chi connectivity index (χ1n) is 7.60. The lowest BCUT2D eigenvalue weighted by Gasteiger charge is -2.39. The van der Waals surface area contributed by atoms with Crippen molar-refractivity contribution in [2.45, 2.75) is 57.2 Å². The Balaban J connectivity index is 2.02. The Kier molecular flexibility index (Phi) is 2.96. The molecule has 0 unspecified atom stereocenters. The molecule has 3 rings (SSSR count). The summed E-state index contributed by atoms with van der Waals surface area (Å²) in [6.07, 6.45) is 8.77. The summed E-state index contributed by atoms with van der Waals surface area (Å²) in [5.74, 6) is 1.27. The molecule has 6 atom stereocenters. The molecule has 2 heteroatoms.